The highest BCUT2D eigenvalue weighted by molar-refractivity contribution is 7.17. The summed E-state index contributed by atoms with van der Waals surface area (Å²) in [6, 6.07) is 14.5. The van der Waals surface area contributed by atoms with Gasteiger partial charge in [0.15, 0.2) is 0 Å². The number of aryl methyl sites for hydroxylation is 1. The lowest BCUT2D eigenvalue weighted by Crippen LogP contribution is -2.21. The Morgan fingerprint density at radius 2 is 1.79 bits per heavy atom. The van der Waals surface area contributed by atoms with Crippen LogP contribution in [0, 0.1) is 6.92 Å². The molecule has 3 rings (SSSR count). The summed E-state index contributed by atoms with van der Waals surface area (Å²) in [7, 11) is 1.55. The molecular formula is C21H21N3O3S. The molecule has 0 fully saturated rings. The van der Waals surface area contributed by atoms with Gasteiger partial charge in [-0.1, -0.05) is 12.1 Å². The average Bonchev–Trinajstić information content (AvgIpc) is 3.10. The molecule has 0 spiro atoms. The number of nitrogens with one attached hydrogen (secondary N) is 2. The summed E-state index contributed by atoms with van der Waals surface area (Å²) < 4.78 is 5.46. The van der Waals surface area contributed by atoms with Crippen LogP contribution in [0.2, 0.25) is 0 Å². The van der Waals surface area contributed by atoms with E-state index in [9.17, 15) is 9.59 Å². The van der Waals surface area contributed by atoms with E-state index in [2.05, 4.69) is 15.6 Å². The minimum absolute atomic E-state index is 0.257. The predicted octanol–water partition coefficient (Wildman–Crippen LogP) is 4.13. The molecule has 3 aromatic rings. The van der Waals surface area contributed by atoms with Crippen LogP contribution in [-0.4, -0.2) is 30.5 Å². The van der Waals surface area contributed by atoms with E-state index >= 15 is 0 Å². The number of carbonyl (C=O) groups excluding carboxylic acids is 2. The molecule has 2 amide bonds. The van der Waals surface area contributed by atoms with Gasteiger partial charge in [-0.2, -0.15) is 0 Å². The van der Waals surface area contributed by atoms with Crippen molar-refractivity contribution in [3.05, 3.63) is 64.7 Å². The normalized spacial score (nSPS) is 10.4. The van der Waals surface area contributed by atoms with Crippen molar-refractivity contribution in [3.63, 3.8) is 0 Å². The summed E-state index contributed by atoms with van der Waals surface area (Å²) in [6.07, 6.45) is 0. The van der Waals surface area contributed by atoms with Crippen molar-refractivity contribution in [3.8, 4) is 16.3 Å². The van der Waals surface area contributed by atoms with E-state index in [1.807, 2.05) is 31.2 Å². The Morgan fingerprint density at radius 1 is 1.07 bits per heavy atom. The van der Waals surface area contributed by atoms with Gasteiger partial charge in [0.2, 0.25) is 0 Å². The Hall–Kier alpha value is -3.19. The summed E-state index contributed by atoms with van der Waals surface area (Å²) in [5.41, 5.74) is 2.43. The van der Waals surface area contributed by atoms with Crippen molar-refractivity contribution in [1.29, 1.82) is 0 Å². The minimum atomic E-state index is -0.288. The maximum Gasteiger partial charge on any atom is 0.267 e. The van der Waals surface area contributed by atoms with Crippen molar-refractivity contribution in [2.45, 2.75) is 13.8 Å². The lowest BCUT2D eigenvalue weighted by Gasteiger charge is -2.09. The summed E-state index contributed by atoms with van der Waals surface area (Å²) in [4.78, 5) is 29.8. The van der Waals surface area contributed by atoms with Gasteiger partial charge in [0.25, 0.3) is 11.8 Å². The van der Waals surface area contributed by atoms with Crippen LogP contribution in [0.25, 0.3) is 10.6 Å². The standard InChI is InChI=1S/C21H21N3O3S/c1-4-27-15-11-9-14(10-12-15)21-23-13(2)18(28-21)20(26)24-17-8-6-5-7-16(17)19(25)22-3/h5-12H,4H2,1-3H3,(H,22,25)(H,24,26). The molecule has 7 heteroatoms. The zero-order chi connectivity index (χ0) is 20.1. The molecule has 0 aliphatic carbocycles. The topological polar surface area (TPSA) is 80.3 Å². The van der Waals surface area contributed by atoms with Crippen LogP contribution < -0.4 is 15.4 Å². The summed E-state index contributed by atoms with van der Waals surface area (Å²) in [5.74, 6) is 0.249. The zero-order valence-electron chi connectivity index (χ0n) is 15.9. The first-order valence-corrected chi connectivity index (χ1v) is 9.68. The smallest absolute Gasteiger partial charge is 0.267 e. The largest absolute Gasteiger partial charge is 0.494 e. The fourth-order valence-electron chi connectivity index (χ4n) is 2.69. The first-order valence-electron chi connectivity index (χ1n) is 8.86. The molecule has 6 nitrogen and oxygen atoms in total. The predicted molar refractivity (Wildman–Crippen MR) is 111 cm³/mol. The molecule has 1 aromatic heterocycles. The third-order valence-electron chi connectivity index (χ3n) is 4.06. The second kappa shape index (κ2) is 8.67. The number of para-hydroxylation sites is 1. The fourth-order valence-corrected chi connectivity index (χ4v) is 3.66. The van der Waals surface area contributed by atoms with Gasteiger partial charge in [0, 0.05) is 12.6 Å². The van der Waals surface area contributed by atoms with E-state index < -0.39 is 0 Å². The van der Waals surface area contributed by atoms with Crippen LogP contribution in [0.3, 0.4) is 0 Å². The van der Waals surface area contributed by atoms with Crippen LogP contribution in [0.5, 0.6) is 5.75 Å². The Bertz CT molecular complexity index is 996. The van der Waals surface area contributed by atoms with Crippen LogP contribution >= 0.6 is 11.3 Å². The number of benzene rings is 2. The quantitative estimate of drug-likeness (QED) is 0.658. The van der Waals surface area contributed by atoms with Gasteiger partial charge in [0.05, 0.1) is 23.6 Å². The average molecular weight is 395 g/mol. The van der Waals surface area contributed by atoms with Crippen molar-refractivity contribution in [2.24, 2.45) is 0 Å². The van der Waals surface area contributed by atoms with E-state index in [1.165, 1.54) is 11.3 Å². The van der Waals surface area contributed by atoms with E-state index in [1.54, 1.807) is 38.2 Å². The number of rotatable bonds is 6. The van der Waals surface area contributed by atoms with Gasteiger partial charge in [-0.15, -0.1) is 11.3 Å². The fraction of sp³-hybridized carbons (Fsp3) is 0.190. The van der Waals surface area contributed by atoms with Crippen LogP contribution in [0.1, 0.15) is 32.6 Å². The number of ether oxygens (including phenoxy) is 1. The minimum Gasteiger partial charge on any atom is -0.494 e. The molecule has 0 bridgehead atoms. The molecular weight excluding hydrogens is 374 g/mol. The SMILES string of the molecule is CCOc1ccc(-c2nc(C)c(C(=O)Nc3ccccc3C(=O)NC)s2)cc1. The van der Waals surface area contributed by atoms with Crippen molar-refractivity contribution < 1.29 is 14.3 Å². The highest BCUT2D eigenvalue weighted by atomic mass is 32.1. The van der Waals surface area contributed by atoms with Crippen LogP contribution in [0.4, 0.5) is 5.69 Å². The van der Waals surface area contributed by atoms with E-state index in [-0.39, 0.29) is 11.8 Å². The maximum atomic E-state index is 12.8. The molecule has 28 heavy (non-hydrogen) atoms. The molecule has 1 heterocycles. The molecule has 0 saturated heterocycles. The molecule has 0 aliphatic heterocycles. The van der Waals surface area contributed by atoms with E-state index in [0.29, 0.717) is 28.4 Å². The maximum absolute atomic E-state index is 12.8. The lowest BCUT2D eigenvalue weighted by molar-refractivity contribution is 0.0964. The van der Waals surface area contributed by atoms with Crippen LogP contribution in [0.15, 0.2) is 48.5 Å². The van der Waals surface area contributed by atoms with Gasteiger partial charge in [-0.3, -0.25) is 9.59 Å². The number of carbonyl (C=O) groups is 2. The first kappa shape index (κ1) is 19.6. The number of amides is 2. The lowest BCUT2D eigenvalue weighted by atomic mass is 10.1. The van der Waals surface area contributed by atoms with Gasteiger partial charge < -0.3 is 15.4 Å². The number of hydrogen-bond acceptors (Lipinski definition) is 5. The molecule has 0 saturated carbocycles. The summed E-state index contributed by atoms with van der Waals surface area (Å²) >= 11 is 1.31. The molecule has 0 radical (unpaired) electrons. The summed E-state index contributed by atoms with van der Waals surface area (Å²) in [6.45, 7) is 4.34. The van der Waals surface area contributed by atoms with Gasteiger partial charge in [0.1, 0.15) is 15.6 Å². The Kier molecular flexibility index (Phi) is 6.06. The number of anilines is 1. The van der Waals surface area contributed by atoms with Gasteiger partial charge in [-0.25, -0.2) is 4.98 Å². The Morgan fingerprint density at radius 3 is 2.46 bits per heavy atom. The first-order chi connectivity index (χ1) is 13.5. The molecule has 0 aliphatic rings. The zero-order valence-corrected chi connectivity index (χ0v) is 16.7. The number of aromatic nitrogens is 1. The van der Waals surface area contributed by atoms with E-state index in [0.717, 1.165) is 16.3 Å². The summed E-state index contributed by atoms with van der Waals surface area (Å²) in [5, 5.41) is 6.15. The van der Waals surface area contributed by atoms with Crippen molar-refractivity contribution in [2.75, 3.05) is 19.0 Å². The molecule has 144 valence electrons. The molecule has 2 N–H and O–H groups in total. The second-order valence-electron chi connectivity index (χ2n) is 5.97. The number of nitrogens with zero attached hydrogens (tertiary/aromatic N) is 1. The number of hydrogen-bond donors (Lipinski definition) is 2. The highest BCUT2D eigenvalue weighted by Gasteiger charge is 2.18. The monoisotopic (exact) mass is 395 g/mol. The van der Waals surface area contributed by atoms with Gasteiger partial charge >= 0.3 is 0 Å². The number of thiazole rings is 1. The van der Waals surface area contributed by atoms with Crippen LogP contribution in [-0.2, 0) is 0 Å². The van der Waals surface area contributed by atoms with Crippen molar-refractivity contribution >= 4 is 28.8 Å². The Labute approximate surface area is 167 Å². The molecule has 2 aromatic carbocycles. The highest BCUT2D eigenvalue weighted by Crippen LogP contribution is 2.30. The van der Waals surface area contributed by atoms with Crippen molar-refractivity contribution in [1.82, 2.24) is 10.3 Å². The third kappa shape index (κ3) is 4.20. The molecule has 0 atom stereocenters. The van der Waals surface area contributed by atoms with Gasteiger partial charge in [-0.05, 0) is 50.2 Å². The second-order valence-corrected chi connectivity index (χ2v) is 6.97. The molecule has 0 unspecified atom stereocenters. The Balaban J connectivity index is 1.83. The van der Waals surface area contributed by atoms with E-state index in [4.69, 9.17) is 4.74 Å². The third-order valence-corrected chi connectivity index (χ3v) is 5.27.